The SMILES string of the molecule is Cc1ccc(Nc2nc(Nc3cccc(Cl)c3)nc(N3CCOCC3)n2)cc1Cl. The van der Waals surface area contributed by atoms with Gasteiger partial charge >= 0.3 is 0 Å². The highest BCUT2D eigenvalue weighted by molar-refractivity contribution is 6.31. The summed E-state index contributed by atoms with van der Waals surface area (Å²) in [6, 6.07) is 13.1. The van der Waals surface area contributed by atoms with Gasteiger partial charge in [0.15, 0.2) is 0 Å². The van der Waals surface area contributed by atoms with E-state index in [1.165, 1.54) is 0 Å². The van der Waals surface area contributed by atoms with Gasteiger partial charge in [-0.1, -0.05) is 35.3 Å². The smallest absolute Gasteiger partial charge is 0.233 e. The van der Waals surface area contributed by atoms with Gasteiger partial charge in [-0.2, -0.15) is 15.0 Å². The number of ether oxygens (including phenoxy) is 1. The first kappa shape index (κ1) is 19.7. The van der Waals surface area contributed by atoms with Gasteiger partial charge in [0.25, 0.3) is 0 Å². The van der Waals surface area contributed by atoms with Crippen molar-refractivity contribution in [3.63, 3.8) is 0 Å². The number of hydrogen-bond donors (Lipinski definition) is 2. The first-order chi connectivity index (χ1) is 14.1. The van der Waals surface area contributed by atoms with Crippen molar-refractivity contribution in [1.82, 2.24) is 15.0 Å². The number of anilines is 5. The van der Waals surface area contributed by atoms with Crippen LogP contribution in [0.15, 0.2) is 42.5 Å². The molecule has 0 saturated carbocycles. The zero-order valence-corrected chi connectivity index (χ0v) is 17.3. The molecule has 0 aliphatic carbocycles. The monoisotopic (exact) mass is 430 g/mol. The summed E-state index contributed by atoms with van der Waals surface area (Å²) in [5.41, 5.74) is 2.60. The molecule has 0 bridgehead atoms. The van der Waals surface area contributed by atoms with Crippen LogP contribution in [-0.2, 0) is 4.74 Å². The van der Waals surface area contributed by atoms with E-state index in [2.05, 4.69) is 30.5 Å². The number of halogens is 2. The molecule has 1 aliphatic heterocycles. The largest absolute Gasteiger partial charge is 0.378 e. The second kappa shape index (κ2) is 8.82. The molecule has 1 saturated heterocycles. The van der Waals surface area contributed by atoms with E-state index in [9.17, 15) is 0 Å². The molecular weight excluding hydrogens is 411 g/mol. The maximum absolute atomic E-state index is 6.25. The van der Waals surface area contributed by atoms with Gasteiger partial charge in [-0.25, -0.2) is 0 Å². The van der Waals surface area contributed by atoms with E-state index in [0.29, 0.717) is 41.1 Å². The highest BCUT2D eigenvalue weighted by Crippen LogP contribution is 2.25. The molecule has 29 heavy (non-hydrogen) atoms. The number of rotatable bonds is 5. The van der Waals surface area contributed by atoms with Crippen molar-refractivity contribution >= 4 is 52.4 Å². The van der Waals surface area contributed by atoms with Gasteiger partial charge < -0.3 is 20.3 Å². The third-order valence-electron chi connectivity index (χ3n) is 4.43. The van der Waals surface area contributed by atoms with Crippen LogP contribution in [-0.4, -0.2) is 41.3 Å². The second-order valence-electron chi connectivity index (χ2n) is 6.61. The van der Waals surface area contributed by atoms with Crippen molar-refractivity contribution in [3.05, 3.63) is 58.1 Å². The van der Waals surface area contributed by atoms with Crippen molar-refractivity contribution in [2.75, 3.05) is 41.8 Å². The van der Waals surface area contributed by atoms with Crippen LogP contribution >= 0.6 is 23.2 Å². The van der Waals surface area contributed by atoms with E-state index in [1.807, 2.05) is 49.4 Å². The third-order valence-corrected chi connectivity index (χ3v) is 5.07. The molecule has 150 valence electrons. The Bertz CT molecular complexity index is 1010. The lowest BCUT2D eigenvalue weighted by Gasteiger charge is -2.27. The lowest BCUT2D eigenvalue weighted by Crippen LogP contribution is -2.37. The van der Waals surface area contributed by atoms with E-state index in [0.717, 1.165) is 30.0 Å². The van der Waals surface area contributed by atoms with Gasteiger partial charge in [0.2, 0.25) is 17.8 Å². The summed E-state index contributed by atoms with van der Waals surface area (Å²) in [6.07, 6.45) is 0. The van der Waals surface area contributed by atoms with E-state index in [4.69, 9.17) is 27.9 Å². The van der Waals surface area contributed by atoms with Gasteiger partial charge in [0.1, 0.15) is 0 Å². The summed E-state index contributed by atoms with van der Waals surface area (Å²) in [7, 11) is 0. The topological polar surface area (TPSA) is 75.2 Å². The third kappa shape index (κ3) is 5.06. The number of morpholine rings is 1. The summed E-state index contributed by atoms with van der Waals surface area (Å²) in [6.45, 7) is 4.67. The van der Waals surface area contributed by atoms with Gasteiger partial charge in [0, 0.05) is 34.5 Å². The average Bonchev–Trinajstić information content (AvgIpc) is 2.71. The minimum atomic E-state index is 0.421. The van der Waals surface area contributed by atoms with Crippen LogP contribution in [0.1, 0.15) is 5.56 Å². The number of nitrogens with one attached hydrogen (secondary N) is 2. The summed E-state index contributed by atoms with van der Waals surface area (Å²) >= 11 is 12.3. The Morgan fingerprint density at radius 2 is 1.59 bits per heavy atom. The van der Waals surface area contributed by atoms with E-state index >= 15 is 0 Å². The van der Waals surface area contributed by atoms with Crippen LogP contribution in [0.3, 0.4) is 0 Å². The van der Waals surface area contributed by atoms with Crippen LogP contribution in [0.4, 0.5) is 29.2 Å². The fourth-order valence-corrected chi connectivity index (χ4v) is 3.25. The maximum atomic E-state index is 6.25. The zero-order valence-electron chi connectivity index (χ0n) is 15.8. The quantitative estimate of drug-likeness (QED) is 0.601. The fourth-order valence-electron chi connectivity index (χ4n) is 2.88. The lowest BCUT2D eigenvalue weighted by molar-refractivity contribution is 0.122. The Morgan fingerprint density at radius 3 is 2.24 bits per heavy atom. The normalized spacial score (nSPS) is 14.0. The maximum Gasteiger partial charge on any atom is 0.233 e. The molecule has 0 atom stereocenters. The van der Waals surface area contributed by atoms with Crippen molar-refractivity contribution in [1.29, 1.82) is 0 Å². The number of hydrogen-bond acceptors (Lipinski definition) is 7. The predicted molar refractivity (Wildman–Crippen MR) is 117 cm³/mol. The van der Waals surface area contributed by atoms with Gasteiger partial charge in [0.05, 0.1) is 13.2 Å². The minimum absolute atomic E-state index is 0.421. The Balaban J connectivity index is 1.65. The Morgan fingerprint density at radius 1 is 0.897 bits per heavy atom. The summed E-state index contributed by atoms with van der Waals surface area (Å²) in [5, 5.41) is 7.72. The molecule has 1 fully saturated rings. The van der Waals surface area contributed by atoms with Gasteiger partial charge in [-0.15, -0.1) is 0 Å². The molecule has 0 spiro atoms. The van der Waals surface area contributed by atoms with Crippen LogP contribution < -0.4 is 15.5 Å². The molecule has 1 aliphatic rings. The molecule has 0 unspecified atom stereocenters. The number of aryl methyl sites for hydroxylation is 1. The van der Waals surface area contributed by atoms with Crippen molar-refractivity contribution in [3.8, 4) is 0 Å². The highest BCUT2D eigenvalue weighted by atomic mass is 35.5. The van der Waals surface area contributed by atoms with Crippen molar-refractivity contribution < 1.29 is 4.74 Å². The molecule has 1 aromatic heterocycles. The van der Waals surface area contributed by atoms with Crippen molar-refractivity contribution in [2.24, 2.45) is 0 Å². The standard InChI is InChI=1S/C20H20Cl2N6O/c1-13-5-6-16(12-17(13)22)24-19-25-18(23-15-4-2-3-14(21)11-15)26-20(27-19)28-7-9-29-10-8-28/h2-6,11-12H,7-10H2,1H3,(H2,23,24,25,26,27). The number of aromatic nitrogens is 3. The average molecular weight is 431 g/mol. The minimum Gasteiger partial charge on any atom is -0.378 e. The van der Waals surface area contributed by atoms with Gasteiger partial charge in [-0.05, 0) is 42.8 Å². The highest BCUT2D eigenvalue weighted by Gasteiger charge is 2.17. The summed E-state index contributed by atoms with van der Waals surface area (Å²) in [4.78, 5) is 15.8. The molecule has 2 aromatic carbocycles. The lowest BCUT2D eigenvalue weighted by atomic mass is 10.2. The first-order valence-corrected chi connectivity index (χ1v) is 9.97. The van der Waals surface area contributed by atoms with Crippen LogP contribution in [0.5, 0.6) is 0 Å². The van der Waals surface area contributed by atoms with E-state index in [-0.39, 0.29) is 0 Å². The molecular formula is C20H20Cl2N6O. The summed E-state index contributed by atoms with van der Waals surface area (Å²) < 4.78 is 5.44. The number of benzene rings is 2. The van der Waals surface area contributed by atoms with Gasteiger partial charge in [-0.3, -0.25) is 0 Å². The zero-order chi connectivity index (χ0) is 20.2. The Hall–Kier alpha value is -2.61. The van der Waals surface area contributed by atoms with Crippen LogP contribution in [0.25, 0.3) is 0 Å². The van der Waals surface area contributed by atoms with Crippen molar-refractivity contribution in [2.45, 2.75) is 6.92 Å². The second-order valence-corrected chi connectivity index (χ2v) is 7.45. The molecule has 2 heterocycles. The molecule has 9 heteroatoms. The molecule has 7 nitrogen and oxygen atoms in total. The van der Waals surface area contributed by atoms with Crippen LogP contribution in [0, 0.1) is 6.92 Å². The van der Waals surface area contributed by atoms with E-state index in [1.54, 1.807) is 0 Å². The molecule has 2 N–H and O–H groups in total. The molecule has 3 aromatic rings. The Labute approximate surface area is 179 Å². The first-order valence-electron chi connectivity index (χ1n) is 9.21. The Kier molecular flexibility index (Phi) is 5.99. The van der Waals surface area contributed by atoms with Crippen LogP contribution in [0.2, 0.25) is 10.0 Å². The van der Waals surface area contributed by atoms with E-state index < -0.39 is 0 Å². The molecule has 0 radical (unpaired) electrons. The summed E-state index contributed by atoms with van der Waals surface area (Å²) in [5.74, 6) is 1.42. The number of nitrogens with zero attached hydrogens (tertiary/aromatic N) is 4. The fraction of sp³-hybridized carbons (Fsp3) is 0.250. The predicted octanol–water partition coefficient (Wildman–Crippen LogP) is 4.81. The molecule has 0 amide bonds. The molecule has 4 rings (SSSR count).